The lowest BCUT2D eigenvalue weighted by atomic mass is 9.96. The summed E-state index contributed by atoms with van der Waals surface area (Å²) < 4.78 is 37.9. The minimum Gasteiger partial charge on any atom is -0.310 e. The van der Waals surface area contributed by atoms with Crippen molar-refractivity contribution in [2.24, 2.45) is 0 Å². The van der Waals surface area contributed by atoms with Gasteiger partial charge < -0.3 is 5.32 Å². The SMILES string of the molecule is FC(F)(F)c1cc(Br)cc([C@@H]2CCN2)c1. The van der Waals surface area contributed by atoms with Crippen LogP contribution in [0, 0.1) is 0 Å². The highest BCUT2D eigenvalue weighted by molar-refractivity contribution is 9.10. The van der Waals surface area contributed by atoms with E-state index in [4.69, 9.17) is 0 Å². The fourth-order valence-corrected chi connectivity index (χ4v) is 2.06. The molecule has 0 radical (unpaired) electrons. The summed E-state index contributed by atoms with van der Waals surface area (Å²) in [4.78, 5) is 0. The zero-order valence-electron chi connectivity index (χ0n) is 7.74. The van der Waals surface area contributed by atoms with Crippen LogP contribution < -0.4 is 5.32 Å². The van der Waals surface area contributed by atoms with Gasteiger partial charge in [0.05, 0.1) is 5.56 Å². The van der Waals surface area contributed by atoms with Crippen LogP contribution in [0.2, 0.25) is 0 Å². The van der Waals surface area contributed by atoms with E-state index in [0.717, 1.165) is 19.0 Å². The highest BCUT2D eigenvalue weighted by Gasteiger charge is 2.32. The third kappa shape index (κ3) is 2.34. The first kappa shape index (κ1) is 11.0. The van der Waals surface area contributed by atoms with Gasteiger partial charge in [0, 0.05) is 10.5 Å². The van der Waals surface area contributed by atoms with Crippen LogP contribution in [0.5, 0.6) is 0 Å². The van der Waals surface area contributed by atoms with Crippen molar-refractivity contribution in [1.29, 1.82) is 0 Å². The minimum atomic E-state index is -4.28. The average molecular weight is 280 g/mol. The van der Waals surface area contributed by atoms with E-state index in [2.05, 4.69) is 21.2 Å². The largest absolute Gasteiger partial charge is 0.416 e. The first-order valence-electron chi connectivity index (χ1n) is 4.58. The molecular weight excluding hydrogens is 271 g/mol. The average Bonchev–Trinajstić information content (AvgIpc) is 1.97. The van der Waals surface area contributed by atoms with Crippen molar-refractivity contribution < 1.29 is 13.2 Å². The third-order valence-electron chi connectivity index (χ3n) is 2.47. The van der Waals surface area contributed by atoms with Crippen molar-refractivity contribution in [3.05, 3.63) is 33.8 Å². The smallest absolute Gasteiger partial charge is 0.310 e. The normalized spacial score (nSPS) is 21.2. The van der Waals surface area contributed by atoms with E-state index in [1.54, 1.807) is 6.07 Å². The molecule has 1 heterocycles. The number of halogens is 4. The number of rotatable bonds is 1. The zero-order chi connectivity index (χ0) is 11.1. The standard InChI is InChI=1S/C10H9BrF3N/c11-8-4-6(9-1-2-15-9)3-7(5-8)10(12,13)14/h3-5,9,15H,1-2H2/t9-/m0/s1. The summed E-state index contributed by atoms with van der Waals surface area (Å²) in [7, 11) is 0. The maximum absolute atomic E-state index is 12.5. The number of nitrogens with one attached hydrogen (secondary N) is 1. The third-order valence-corrected chi connectivity index (χ3v) is 2.93. The van der Waals surface area contributed by atoms with E-state index in [1.807, 2.05) is 0 Å². The summed E-state index contributed by atoms with van der Waals surface area (Å²) in [5, 5.41) is 3.08. The van der Waals surface area contributed by atoms with Gasteiger partial charge in [0.2, 0.25) is 0 Å². The fourth-order valence-electron chi connectivity index (χ4n) is 1.55. The van der Waals surface area contributed by atoms with Gasteiger partial charge in [-0.1, -0.05) is 15.9 Å². The summed E-state index contributed by atoms with van der Waals surface area (Å²) in [5.41, 5.74) is 0.100. The van der Waals surface area contributed by atoms with E-state index >= 15 is 0 Å². The van der Waals surface area contributed by atoms with Crippen LogP contribution >= 0.6 is 15.9 Å². The Balaban J connectivity index is 2.36. The summed E-state index contributed by atoms with van der Waals surface area (Å²) in [6.07, 6.45) is -3.38. The van der Waals surface area contributed by atoms with Gasteiger partial charge in [0.15, 0.2) is 0 Å². The van der Waals surface area contributed by atoms with Crippen molar-refractivity contribution in [2.45, 2.75) is 18.6 Å². The second kappa shape index (κ2) is 3.79. The Labute approximate surface area is 93.8 Å². The van der Waals surface area contributed by atoms with Gasteiger partial charge in [-0.3, -0.25) is 0 Å². The molecule has 15 heavy (non-hydrogen) atoms. The number of benzene rings is 1. The van der Waals surface area contributed by atoms with Gasteiger partial charge in [0.1, 0.15) is 0 Å². The molecule has 0 bridgehead atoms. The van der Waals surface area contributed by atoms with Crippen LogP contribution in [0.15, 0.2) is 22.7 Å². The molecule has 1 saturated heterocycles. The summed E-state index contributed by atoms with van der Waals surface area (Å²) in [5.74, 6) is 0. The number of alkyl halides is 3. The van der Waals surface area contributed by atoms with Crippen LogP contribution in [-0.4, -0.2) is 6.54 Å². The van der Waals surface area contributed by atoms with Crippen molar-refractivity contribution in [1.82, 2.24) is 5.32 Å². The molecule has 0 saturated carbocycles. The summed E-state index contributed by atoms with van der Waals surface area (Å²) in [6, 6.07) is 4.11. The van der Waals surface area contributed by atoms with E-state index in [0.29, 0.717) is 10.0 Å². The predicted octanol–water partition coefficient (Wildman–Crippen LogP) is 3.50. The minimum absolute atomic E-state index is 0.0728. The second-order valence-corrected chi connectivity index (χ2v) is 4.48. The molecule has 1 N–H and O–H groups in total. The van der Waals surface area contributed by atoms with Crippen LogP contribution in [-0.2, 0) is 6.18 Å². The maximum Gasteiger partial charge on any atom is 0.416 e. The Bertz CT molecular complexity index is 371. The van der Waals surface area contributed by atoms with Crippen molar-refractivity contribution in [2.75, 3.05) is 6.54 Å². The van der Waals surface area contributed by atoms with Crippen molar-refractivity contribution >= 4 is 15.9 Å². The van der Waals surface area contributed by atoms with Gasteiger partial charge in [-0.05, 0) is 36.7 Å². The van der Waals surface area contributed by atoms with Gasteiger partial charge in [-0.2, -0.15) is 13.2 Å². The summed E-state index contributed by atoms with van der Waals surface area (Å²) in [6.45, 7) is 0.874. The zero-order valence-corrected chi connectivity index (χ0v) is 9.32. The Hall–Kier alpha value is -0.550. The van der Waals surface area contributed by atoms with E-state index in [9.17, 15) is 13.2 Å². The van der Waals surface area contributed by atoms with Crippen LogP contribution in [0.1, 0.15) is 23.6 Å². The molecule has 5 heteroatoms. The van der Waals surface area contributed by atoms with Crippen LogP contribution in [0.25, 0.3) is 0 Å². The molecule has 1 atom stereocenters. The molecule has 1 fully saturated rings. The van der Waals surface area contributed by atoms with E-state index < -0.39 is 11.7 Å². The molecule has 0 aromatic heterocycles. The molecule has 1 aliphatic rings. The fraction of sp³-hybridized carbons (Fsp3) is 0.400. The van der Waals surface area contributed by atoms with Gasteiger partial charge in [0.25, 0.3) is 0 Å². The van der Waals surface area contributed by atoms with E-state index in [-0.39, 0.29) is 6.04 Å². The molecule has 1 aliphatic heterocycles. The van der Waals surface area contributed by atoms with Crippen molar-refractivity contribution in [3.63, 3.8) is 0 Å². The molecule has 1 aromatic rings. The summed E-state index contributed by atoms with van der Waals surface area (Å²) >= 11 is 3.10. The molecule has 1 aromatic carbocycles. The topological polar surface area (TPSA) is 12.0 Å². The van der Waals surface area contributed by atoms with Gasteiger partial charge >= 0.3 is 6.18 Å². The number of hydrogen-bond donors (Lipinski definition) is 1. The molecule has 1 nitrogen and oxygen atoms in total. The Kier molecular flexibility index (Phi) is 2.77. The molecule has 0 unspecified atom stereocenters. The highest BCUT2D eigenvalue weighted by atomic mass is 79.9. The highest BCUT2D eigenvalue weighted by Crippen LogP contribution is 2.34. The molecule has 0 amide bonds. The van der Waals surface area contributed by atoms with Crippen LogP contribution in [0.3, 0.4) is 0 Å². The first-order valence-corrected chi connectivity index (χ1v) is 5.37. The maximum atomic E-state index is 12.5. The molecule has 2 rings (SSSR count). The Morgan fingerprint density at radius 1 is 1.27 bits per heavy atom. The van der Waals surface area contributed by atoms with Gasteiger partial charge in [-0.25, -0.2) is 0 Å². The van der Waals surface area contributed by atoms with E-state index in [1.165, 1.54) is 6.07 Å². The Morgan fingerprint density at radius 2 is 1.93 bits per heavy atom. The van der Waals surface area contributed by atoms with Crippen molar-refractivity contribution in [3.8, 4) is 0 Å². The quantitative estimate of drug-likeness (QED) is 0.830. The second-order valence-electron chi connectivity index (χ2n) is 3.57. The lowest BCUT2D eigenvalue weighted by Gasteiger charge is -2.28. The lowest BCUT2D eigenvalue weighted by Crippen LogP contribution is -2.35. The molecule has 0 spiro atoms. The monoisotopic (exact) mass is 279 g/mol. The molecular formula is C10H9BrF3N. The number of hydrogen-bond acceptors (Lipinski definition) is 1. The molecule has 0 aliphatic carbocycles. The van der Waals surface area contributed by atoms with Gasteiger partial charge in [-0.15, -0.1) is 0 Å². The first-order chi connectivity index (χ1) is 6.97. The predicted molar refractivity (Wildman–Crippen MR) is 54.5 cm³/mol. The lowest BCUT2D eigenvalue weighted by molar-refractivity contribution is -0.137. The molecule has 82 valence electrons. The van der Waals surface area contributed by atoms with Crippen LogP contribution in [0.4, 0.5) is 13.2 Å². The Morgan fingerprint density at radius 3 is 2.40 bits per heavy atom.